The Hall–Kier alpha value is -0.810. The van der Waals surface area contributed by atoms with Gasteiger partial charge in [0.25, 0.3) is 0 Å². The molecule has 1 fully saturated rings. The molecule has 0 unspecified atom stereocenters. The summed E-state index contributed by atoms with van der Waals surface area (Å²) in [6, 6.07) is 4.90. The van der Waals surface area contributed by atoms with Crippen molar-refractivity contribution in [2.24, 2.45) is 0 Å². The van der Waals surface area contributed by atoms with Crippen molar-refractivity contribution < 1.29 is 9.53 Å². The van der Waals surface area contributed by atoms with E-state index in [0.29, 0.717) is 29.7 Å². The average molecular weight is 303 g/mol. The lowest BCUT2D eigenvalue weighted by atomic mass is 10.1. The molecular weight excluding hydrogens is 287 g/mol. The van der Waals surface area contributed by atoms with Gasteiger partial charge >= 0.3 is 0 Å². The zero-order chi connectivity index (χ0) is 13.8. The molecule has 1 saturated heterocycles. The summed E-state index contributed by atoms with van der Waals surface area (Å²) in [5.41, 5.74) is 0.837. The Morgan fingerprint density at radius 2 is 2.32 bits per heavy atom. The number of halogens is 2. The standard InChI is InChI=1S/C13H16Cl2N2O2/c1-8-12(16-4-5-19-8)13(18)17-7-9-2-3-10(14)6-11(9)15/h2-3,6,8,12,16H,4-5,7H2,1H3,(H,17,18)/t8-,12+/m1/s1. The number of amides is 1. The summed E-state index contributed by atoms with van der Waals surface area (Å²) in [6.07, 6.45) is -0.130. The Balaban J connectivity index is 1.92. The maximum atomic E-state index is 12.0. The first kappa shape index (κ1) is 14.6. The Labute approximate surface area is 122 Å². The predicted octanol–water partition coefficient (Wildman–Crippen LogP) is 1.99. The fourth-order valence-electron chi connectivity index (χ4n) is 1.98. The van der Waals surface area contributed by atoms with Crippen molar-refractivity contribution in [3.05, 3.63) is 33.8 Å². The van der Waals surface area contributed by atoms with Gasteiger partial charge in [0.2, 0.25) is 5.91 Å². The molecular formula is C13H16Cl2N2O2. The largest absolute Gasteiger partial charge is 0.375 e. The molecule has 1 aliphatic heterocycles. The van der Waals surface area contributed by atoms with E-state index in [9.17, 15) is 4.79 Å². The predicted molar refractivity (Wildman–Crippen MR) is 75.5 cm³/mol. The maximum Gasteiger partial charge on any atom is 0.240 e. The second-order valence-corrected chi connectivity index (χ2v) is 5.30. The van der Waals surface area contributed by atoms with Crippen molar-refractivity contribution >= 4 is 29.1 Å². The van der Waals surface area contributed by atoms with Gasteiger partial charge in [-0.3, -0.25) is 4.79 Å². The van der Waals surface area contributed by atoms with Crippen LogP contribution in [-0.2, 0) is 16.1 Å². The lowest BCUT2D eigenvalue weighted by Crippen LogP contribution is -2.55. The molecule has 2 rings (SSSR count). The summed E-state index contributed by atoms with van der Waals surface area (Å²) in [4.78, 5) is 12.0. The Kier molecular flexibility index (Phi) is 5.05. The highest BCUT2D eigenvalue weighted by molar-refractivity contribution is 6.35. The third-order valence-corrected chi connectivity index (χ3v) is 3.65. The van der Waals surface area contributed by atoms with Gasteiger partial charge in [0, 0.05) is 23.1 Å². The molecule has 2 atom stereocenters. The van der Waals surface area contributed by atoms with E-state index in [-0.39, 0.29) is 18.1 Å². The summed E-state index contributed by atoms with van der Waals surface area (Å²) in [7, 11) is 0. The van der Waals surface area contributed by atoms with Gasteiger partial charge in [0.1, 0.15) is 6.04 Å². The van der Waals surface area contributed by atoms with Gasteiger partial charge in [0.15, 0.2) is 0 Å². The Morgan fingerprint density at radius 1 is 1.53 bits per heavy atom. The number of carbonyl (C=O) groups is 1. The number of carbonyl (C=O) groups excluding carboxylic acids is 1. The van der Waals surface area contributed by atoms with E-state index < -0.39 is 0 Å². The third kappa shape index (κ3) is 3.83. The van der Waals surface area contributed by atoms with Crippen LogP contribution in [-0.4, -0.2) is 31.2 Å². The van der Waals surface area contributed by atoms with Crippen LogP contribution in [0.5, 0.6) is 0 Å². The molecule has 1 aliphatic rings. The van der Waals surface area contributed by atoms with E-state index in [1.807, 2.05) is 6.92 Å². The van der Waals surface area contributed by atoms with Crippen molar-refractivity contribution in [2.45, 2.75) is 25.6 Å². The molecule has 6 heteroatoms. The van der Waals surface area contributed by atoms with Crippen LogP contribution in [0.25, 0.3) is 0 Å². The van der Waals surface area contributed by atoms with Gasteiger partial charge in [-0.1, -0.05) is 29.3 Å². The van der Waals surface area contributed by atoms with Crippen LogP contribution in [0, 0.1) is 0 Å². The Bertz CT molecular complexity index is 468. The molecule has 4 nitrogen and oxygen atoms in total. The van der Waals surface area contributed by atoms with Crippen LogP contribution in [0.3, 0.4) is 0 Å². The molecule has 0 aliphatic carbocycles. The minimum absolute atomic E-state index is 0.0850. The monoisotopic (exact) mass is 302 g/mol. The average Bonchev–Trinajstić information content (AvgIpc) is 2.38. The normalized spacial score (nSPS) is 23.1. The van der Waals surface area contributed by atoms with Crippen molar-refractivity contribution in [3.63, 3.8) is 0 Å². The van der Waals surface area contributed by atoms with E-state index in [1.54, 1.807) is 18.2 Å². The fraction of sp³-hybridized carbons (Fsp3) is 0.462. The minimum Gasteiger partial charge on any atom is -0.375 e. The second kappa shape index (κ2) is 6.57. The molecule has 1 amide bonds. The minimum atomic E-state index is -0.320. The van der Waals surface area contributed by atoms with Crippen LogP contribution in [0.2, 0.25) is 10.0 Å². The number of morpholine rings is 1. The highest BCUT2D eigenvalue weighted by Gasteiger charge is 2.27. The zero-order valence-electron chi connectivity index (χ0n) is 10.6. The van der Waals surface area contributed by atoms with E-state index in [2.05, 4.69) is 10.6 Å². The number of rotatable bonds is 3. The van der Waals surface area contributed by atoms with Gasteiger partial charge in [-0.15, -0.1) is 0 Å². The molecule has 1 aromatic carbocycles. The molecule has 19 heavy (non-hydrogen) atoms. The number of hydrogen-bond acceptors (Lipinski definition) is 3. The lowest BCUT2D eigenvalue weighted by Gasteiger charge is -2.29. The maximum absolute atomic E-state index is 12.0. The van der Waals surface area contributed by atoms with Crippen molar-refractivity contribution in [1.82, 2.24) is 10.6 Å². The Morgan fingerprint density at radius 3 is 3.00 bits per heavy atom. The quantitative estimate of drug-likeness (QED) is 0.898. The highest BCUT2D eigenvalue weighted by atomic mass is 35.5. The van der Waals surface area contributed by atoms with Gasteiger partial charge in [0.05, 0.1) is 12.7 Å². The molecule has 0 bridgehead atoms. The SMILES string of the molecule is C[C@H]1OCCN[C@@H]1C(=O)NCc1ccc(Cl)cc1Cl. The first-order chi connectivity index (χ1) is 9.08. The van der Waals surface area contributed by atoms with Gasteiger partial charge in [-0.05, 0) is 24.6 Å². The molecule has 0 saturated carbocycles. The molecule has 1 aromatic rings. The van der Waals surface area contributed by atoms with Gasteiger partial charge in [-0.25, -0.2) is 0 Å². The number of ether oxygens (including phenoxy) is 1. The summed E-state index contributed by atoms with van der Waals surface area (Å²) >= 11 is 11.9. The smallest absolute Gasteiger partial charge is 0.240 e. The first-order valence-corrected chi connectivity index (χ1v) is 6.90. The second-order valence-electron chi connectivity index (χ2n) is 4.46. The molecule has 104 valence electrons. The molecule has 0 spiro atoms. The van der Waals surface area contributed by atoms with Crippen molar-refractivity contribution in [1.29, 1.82) is 0 Å². The van der Waals surface area contributed by atoms with Crippen LogP contribution in [0.1, 0.15) is 12.5 Å². The summed E-state index contributed by atoms with van der Waals surface area (Å²) in [5.74, 6) is -0.0850. The summed E-state index contributed by atoms with van der Waals surface area (Å²) < 4.78 is 5.44. The number of nitrogens with one attached hydrogen (secondary N) is 2. The molecule has 0 radical (unpaired) electrons. The number of hydrogen-bond donors (Lipinski definition) is 2. The van der Waals surface area contributed by atoms with Crippen molar-refractivity contribution in [3.8, 4) is 0 Å². The van der Waals surface area contributed by atoms with Crippen LogP contribution < -0.4 is 10.6 Å². The zero-order valence-corrected chi connectivity index (χ0v) is 12.1. The van der Waals surface area contributed by atoms with Crippen LogP contribution in [0.4, 0.5) is 0 Å². The van der Waals surface area contributed by atoms with Gasteiger partial charge < -0.3 is 15.4 Å². The summed E-state index contributed by atoms with van der Waals surface area (Å²) in [5, 5.41) is 7.12. The van der Waals surface area contributed by atoms with Gasteiger partial charge in [-0.2, -0.15) is 0 Å². The molecule has 2 N–H and O–H groups in total. The fourth-order valence-corrected chi connectivity index (χ4v) is 2.46. The van der Waals surface area contributed by atoms with E-state index >= 15 is 0 Å². The number of benzene rings is 1. The summed E-state index contributed by atoms with van der Waals surface area (Å²) in [6.45, 7) is 3.57. The lowest BCUT2D eigenvalue weighted by molar-refractivity contribution is -0.129. The highest BCUT2D eigenvalue weighted by Crippen LogP contribution is 2.20. The van der Waals surface area contributed by atoms with Crippen LogP contribution in [0.15, 0.2) is 18.2 Å². The molecule has 1 heterocycles. The van der Waals surface area contributed by atoms with E-state index in [4.69, 9.17) is 27.9 Å². The van der Waals surface area contributed by atoms with Crippen molar-refractivity contribution in [2.75, 3.05) is 13.2 Å². The molecule has 0 aromatic heterocycles. The third-order valence-electron chi connectivity index (χ3n) is 3.07. The van der Waals surface area contributed by atoms with E-state index in [0.717, 1.165) is 5.56 Å². The first-order valence-electron chi connectivity index (χ1n) is 6.14. The van der Waals surface area contributed by atoms with E-state index in [1.165, 1.54) is 0 Å². The van der Waals surface area contributed by atoms with Crippen LogP contribution >= 0.6 is 23.2 Å². The topological polar surface area (TPSA) is 50.4 Å².